The summed E-state index contributed by atoms with van der Waals surface area (Å²) in [4.78, 5) is 11.4. The number of benzene rings is 3. The monoisotopic (exact) mass is 597 g/mol. The lowest BCUT2D eigenvalue weighted by atomic mass is 9.89. The average Bonchev–Trinajstić information content (AvgIpc) is 3.57. The zero-order valence-electron chi connectivity index (χ0n) is 21.4. The summed E-state index contributed by atoms with van der Waals surface area (Å²) in [7, 11) is 0. The van der Waals surface area contributed by atoms with Crippen LogP contribution in [0.4, 0.5) is 0 Å². The van der Waals surface area contributed by atoms with Crippen molar-refractivity contribution in [2.75, 3.05) is 0 Å². The van der Waals surface area contributed by atoms with E-state index >= 15 is 0 Å². The van der Waals surface area contributed by atoms with E-state index in [9.17, 15) is 15.0 Å². The highest BCUT2D eigenvalue weighted by Gasteiger charge is 2.41. The lowest BCUT2D eigenvalue weighted by Gasteiger charge is -2.25. The number of hydrogen-bond donors (Lipinski definition) is 2. The number of carbonyl (C=O) groups is 1. The van der Waals surface area contributed by atoms with Gasteiger partial charge in [0, 0.05) is 17.0 Å². The molecule has 0 spiro atoms. The Balaban J connectivity index is 1.21. The summed E-state index contributed by atoms with van der Waals surface area (Å²) in [6, 6.07) is 17.5. The molecule has 0 amide bonds. The fraction of sp³-hybridized carbons (Fsp3) is 0.290. The minimum Gasteiger partial charge on any atom is -0.489 e. The normalized spacial score (nSPS) is 20.6. The number of hydrogen-bond acceptors (Lipinski definition) is 5. The van der Waals surface area contributed by atoms with E-state index in [0.717, 1.165) is 36.1 Å². The van der Waals surface area contributed by atoms with Crippen molar-refractivity contribution in [3.63, 3.8) is 0 Å². The molecule has 2 fully saturated rings. The van der Waals surface area contributed by atoms with E-state index in [2.05, 4.69) is 5.16 Å². The third kappa shape index (κ3) is 5.21. The van der Waals surface area contributed by atoms with Crippen LogP contribution in [-0.2, 0) is 12.2 Å². The van der Waals surface area contributed by atoms with Gasteiger partial charge in [-0.2, -0.15) is 0 Å². The maximum absolute atomic E-state index is 11.6. The molecule has 3 aromatic carbocycles. The van der Waals surface area contributed by atoms with Gasteiger partial charge in [0.15, 0.2) is 0 Å². The van der Waals surface area contributed by atoms with Gasteiger partial charge in [-0.25, -0.2) is 4.79 Å². The predicted molar refractivity (Wildman–Crippen MR) is 154 cm³/mol. The molecule has 6 nitrogen and oxygen atoms in total. The molecule has 0 saturated heterocycles. The number of aromatic nitrogens is 1. The van der Waals surface area contributed by atoms with Gasteiger partial charge in [0.25, 0.3) is 0 Å². The van der Waals surface area contributed by atoms with Crippen LogP contribution in [0.2, 0.25) is 15.1 Å². The van der Waals surface area contributed by atoms with Crippen LogP contribution in [0.25, 0.3) is 11.3 Å². The highest BCUT2D eigenvalue weighted by atomic mass is 35.5. The topological polar surface area (TPSA) is 92.8 Å². The van der Waals surface area contributed by atoms with Gasteiger partial charge in [0.05, 0.1) is 31.8 Å². The van der Waals surface area contributed by atoms with Crippen LogP contribution in [0.5, 0.6) is 5.75 Å². The van der Waals surface area contributed by atoms with Gasteiger partial charge in [0.2, 0.25) is 0 Å². The first-order valence-corrected chi connectivity index (χ1v) is 14.3. The zero-order valence-corrected chi connectivity index (χ0v) is 23.6. The van der Waals surface area contributed by atoms with Gasteiger partial charge in [-0.3, -0.25) is 0 Å². The van der Waals surface area contributed by atoms with Crippen molar-refractivity contribution in [2.45, 2.75) is 56.1 Å². The number of carboxylic acids is 1. The number of ether oxygens (including phenoxy) is 1. The Labute approximate surface area is 246 Å². The molecule has 2 aliphatic rings. The molecular formula is C31H26Cl3NO5. The van der Waals surface area contributed by atoms with Gasteiger partial charge in [0.1, 0.15) is 23.8 Å². The van der Waals surface area contributed by atoms with E-state index in [0.29, 0.717) is 56.4 Å². The number of rotatable bonds is 8. The minimum absolute atomic E-state index is 0.0285. The summed E-state index contributed by atoms with van der Waals surface area (Å²) in [6.45, 7) is 0.189. The Morgan fingerprint density at radius 1 is 0.975 bits per heavy atom. The largest absolute Gasteiger partial charge is 0.489 e. The average molecular weight is 599 g/mol. The van der Waals surface area contributed by atoms with Gasteiger partial charge >= 0.3 is 5.97 Å². The zero-order chi connectivity index (χ0) is 28.0. The highest BCUT2D eigenvalue weighted by Crippen LogP contribution is 2.49. The van der Waals surface area contributed by atoms with Crippen molar-refractivity contribution in [3.05, 3.63) is 104 Å². The fourth-order valence-electron chi connectivity index (χ4n) is 5.65. The molecule has 2 N–H and O–H groups in total. The predicted octanol–water partition coefficient (Wildman–Crippen LogP) is 8.61. The molecule has 2 unspecified atom stereocenters. The number of aromatic carboxylic acids is 1. The molecule has 0 bridgehead atoms. The second kappa shape index (κ2) is 10.7. The first kappa shape index (κ1) is 27.2. The second-order valence-corrected chi connectivity index (χ2v) is 11.8. The Hall–Kier alpha value is -3.03. The van der Waals surface area contributed by atoms with Crippen LogP contribution in [-0.4, -0.2) is 21.3 Å². The van der Waals surface area contributed by atoms with Gasteiger partial charge in [-0.05, 0) is 80.0 Å². The van der Waals surface area contributed by atoms with Crippen LogP contribution in [0.3, 0.4) is 0 Å². The molecule has 2 atom stereocenters. The third-order valence-electron chi connectivity index (χ3n) is 7.89. The van der Waals surface area contributed by atoms with Crippen molar-refractivity contribution in [1.82, 2.24) is 5.16 Å². The molecule has 40 heavy (non-hydrogen) atoms. The van der Waals surface area contributed by atoms with E-state index in [4.69, 9.17) is 44.1 Å². The van der Waals surface area contributed by atoms with Crippen molar-refractivity contribution < 1.29 is 24.3 Å². The van der Waals surface area contributed by atoms with E-state index in [-0.39, 0.29) is 18.1 Å². The maximum Gasteiger partial charge on any atom is 0.335 e. The summed E-state index contributed by atoms with van der Waals surface area (Å²) in [6.07, 6.45) is 3.74. The number of carboxylic acid groups (broad SMARTS) is 1. The number of halogens is 3. The van der Waals surface area contributed by atoms with Crippen LogP contribution in [0, 0.1) is 0 Å². The lowest BCUT2D eigenvalue weighted by molar-refractivity contribution is 0.0429. The van der Waals surface area contributed by atoms with Crippen molar-refractivity contribution in [3.8, 4) is 17.0 Å². The van der Waals surface area contributed by atoms with E-state index in [1.165, 1.54) is 0 Å². The first-order chi connectivity index (χ1) is 19.2. The standard InChI is InChI=1S/C31H26Cl3NO5/c32-24-5-2-6-25(33)27(24)28-22(29(40-35-28)17-7-8-17)16-39-21-9-10-23(26(34)14-21)31(38)12-11-20(15-31)18-3-1-4-19(13-18)30(36)37/h1-6,9-10,13-14,17,20,38H,7-8,11-12,15-16H2,(H,36,37). The SMILES string of the molecule is O=C(O)c1cccc(C2CCC(O)(c3ccc(OCc4c(-c5c(Cl)cccc5Cl)noc4C4CC4)cc3Cl)C2)c1. The quantitative estimate of drug-likeness (QED) is 0.211. The maximum atomic E-state index is 11.6. The Bertz CT molecular complexity index is 1580. The van der Waals surface area contributed by atoms with Crippen molar-refractivity contribution in [2.24, 2.45) is 0 Å². The molecular weight excluding hydrogens is 573 g/mol. The summed E-state index contributed by atoms with van der Waals surface area (Å²) >= 11 is 19.6. The lowest BCUT2D eigenvalue weighted by Crippen LogP contribution is -2.22. The minimum atomic E-state index is -1.12. The summed E-state index contributed by atoms with van der Waals surface area (Å²) in [5.41, 5.74) is 2.64. The molecule has 4 aromatic rings. The second-order valence-electron chi connectivity index (χ2n) is 10.6. The molecule has 0 radical (unpaired) electrons. The molecule has 0 aliphatic heterocycles. The molecule has 6 rings (SSSR count). The Kier molecular flexibility index (Phi) is 7.30. The van der Waals surface area contributed by atoms with Crippen molar-refractivity contribution >= 4 is 40.8 Å². The van der Waals surface area contributed by atoms with E-state index in [1.54, 1.807) is 54.6 Å². The van der Waals surface area contributed by atoms with Gasteiger partial charge < -0.3 is 19.5 Å². The van der Waals surface area contributed by atoms with Gasteiger partial charge in [-0.1, -0.05) is 64.2 Å². The molecule has 2 saturated carbocycles. The smallest absolute Gasteiger partial charge is 0.335 e. The molecule has 9 heteroatoms. The summed E-state index contributed by atoms with van der Waals surface area (Å²) in [5.74, 6) is 0.687. The highest BCUT2D eigenvalue weighted by molar-refractivity contribution is 6.39. The van der Waals surface area contributed by atoms with Crippen LogP contribution >= 0.6 is 34.8 Å². The van der Waals surface area contributed by atoms with E-state index < -0.39 is 11.6 Å². The van der Waals surface area contributed by atoms with Crippen molar-refractivity contribution in [1.29, 1.82) is 0 Å². The molecule has 1 heterocycles. The third-order valence-corrected chi connectivity index (χ3v) is 8.83. The van der Waals surface area contributed by atoms with Crippen LogP contribution in [0.1, 0.15) is 76.7 Å². The summed E-state index contributed by atoms with van der Waals surface area (Å²) < 4.78 is 11.9. The fourth-order valence-corrected chi connectivity index (χ4v) is 6.57. The van der Waals surface area contributed by atoms with Gasteiger partial charge in [-0.15, -0.1) is 0 Å². The Morgan fingerprint density at radius 3 is 2.42 bits per heavy atom. The molecule has 206 valence electrons. The first-order valence-electron chi connectivity index (χ1n) is 13.1. The molecule has 1 aromatic heterocycles. The summed E-state index contributed by atoms with van der Waals surface area (Å²) in [5, 5.41) is 26.6. The van der Waals surface area contributed by atoms with E-state index in [1.807, 2.05) is 6.07 Å². The Morgan fingerprint density at radius 2 is 1.73 bits per heavy atom. The van der Waals surface area contributed by atoms with Crippen LogP contribution < -0.4 is 4.74 Å². The number of aliphatic hydroxyl groups is 1. The van der Waals surface area contributed by atoms with Crippen LogP contribution in [0.15, 0.2) is 65.2 Å². The number of nitrogens with zero attached hydrogens (tertiary/aromatic N) is 1. The molecule has 2 aliphatic carbocycles.